The maximum Gasteiger partial charge on any atom is 0.132 e. The highest BCUT2D eigenvalue weighted by Gasteiger charge is 2.05. The van der Waals surface area contributed by atoms with Crippen LogP contribution in [0.4, 0.5) is 0 Å². The van der Waals surface area contributed by atoms with Crippen LogP contribution < -0.4 is 0 Å². The lowest BCUT2D eigenvalue weighted by molar-refractivity contribution is 0.932. The number of aryl methyl sites for hydroxylation is 3. The van der Waals surface area contributed by atoms with Gasteiger partial charge in [0.2, 0.25) is 0 Å². The van der Waals surface area contributed by atoms with Gasteiger partial charge in [-0.1, -0.05) is 36.4 Å². The number of pyridine rings is 1. The molecule has 1 aromatic carbocycles. The van der Waals surface area contributed by atoms with Crippen LogP contribution in [0.5, 0.6) is 0 Å². The summed E-state index contributed by atoms with van der Waals surface area (Å²) < 4.78 is 3.06. The second kappa shape index (κ2) is 5.17. The summed E-state index contributed by atoms with van der Waals surface area (Å²) in [5.74, 6) is 1.02. The van der Waals surface area contributed by atoms with Gasteiger partial charge in [-0.2, -0.15) is 0 Å². The van der Waals surface area contributed by atoms with Crippen LogP contribution in [-0.4, -0.2) is 9.38 Å². The number of imidazole rings is 1. The van der Waals surface area contributed by atoms with Gasteiger partial charge in [0.15, 0.2) is 0 Å². The van der Waals surface area contributed by atoms with Crippen molar-refractivity contribution in [3.63, 3.8) is 0 Å². The fourth-order valence-electron chi connectivity index (χ4n) is 2.32. The van der Waals surface area contributed by atoms with E-state index in [-0.39, 0.29) is 0 Å². The predicted molar refractivity (Wildman–Crippen MR) is 81.5 cm³/mol. The summed E-state index contributed by atoms with van der Waals surface area (Å²) in [5.41, 5.74) is 3.84. The van der Waals surface area contributed by atoms with Crippen molar-refractivity contribution in [2.75, 3.05) is 0 Å². The van der Waals surface area contributed by atoms with E-state index in [9.17, 15) is 0 Å². The minimum Gasteiger partial charge on any atom is -0.302 e. The minimum atomic E-state index is 0.916. The first-order valence-electron chi connectivity index (χ1n) is 6.41. The van der Waals surface area contributed by atoms with Crippen LogP contribution in [0.2, 0.25) is 0 Å². The number of aromatic nitrogens is 2. The van der Waals surface area contributed by atoms with E-state index in [4.69, 9.17) is 0 Å². The molecule has 3 heteroatoms. The van der Waals surface area contributed by atoms with Crippen LogP contribution in [0.15, 0.2) is 53.3 Å². The Labute approximate surface area is 121 Å². The molecule has 0 N–H and O–H groups in total. The zero-order valence-electron chi connectivity index (χ0n) is 10.8. The average molecular weight is 315 g/mol. The summed E-state index contributed by atoms with van der Waals surface area (Å²) in [6.07, 6.45) is 4.31. The maximum atomic E-state index is 4.43. The third-order valence-electron chi connectivity index (χ3n) is 3.37. The molecule has 2 nitrogen and oxygen atoms in total. The minimum absolute atomic E-state index is 0.916. The molecule has 0 aliphatic heterocycles. The Morgan fingerprint density at radius 1 is 1.00 bits per heavy atom. The Balaban J connectivity index is 1.84. The second-order valence-corrected chi connectivity index (χ2v) is 5.48. The van der Waals surface area contributed by atoms with Crippen LogP contribution in [0, 0.1) is 6.92 Å². The molecule has 0 fully saturated rings. The van der Waals surface area contributed by atoms with Gasteiger partial charge >= 0.3 is 0 Å². The molecule has 2 aromatic heterocycles. The molecule has 0 saturated carbocycles. The Bertz CT molecular complexity index is 701. The molecule has 0 bridgehead atoms. The molecule has 0 radical (unpaired) electrons. The van der Waals surface area contributed by atoms with Gasteiger partial charge in [0.25, 0.3) is 0 Å². The van der Waals surface area contributed by atoms with Crippen molar-refractivity contribution < 1.29 is 0 Å². The lowest BCUT2D eigenvalue weighted by Crippen LogP contribution is -1.95. The van der Waals surface area contributed by atoms with E-state index in [0.29, 0.717) is 0 Å². The third kappa shape index (κ3) is 2.56. The number of benzene rings is 1. The lowest BCUT2D eigenvalue weighted by atomic mass is 10.1. The van der Waals surface area contributed by atoms with E-state index in [1.54, 1.807) is 0 Å². The SMILES string of the molecule is Cc1nc(Br)c2ccc(CCc3ccccc3)cn12. The monoisotopic (exact) mass is 314 g/mol. The van der Waals surface area contributed by atoms with E-state index in [1.807, 2.05) is 6.92 Å². The van der Waals surface area contributed by atoms with Crippen molar-refractivity contribution in [2.24, 2.45) is 0 Å². The summed E-state index contributed by atoms with van der Waals surface area (Å²) in [5, 5.41) is 0. The van der Waals surface area contributed by atoms with E-state index in [1.165, 1.54) is 11.1 Å². The van der Waals surface area contributed by atoms with Gasteiger partial charge in [0.1, 0.15) is 10.4 Å². The smallest absolute Gasteiger partial charge is 0.132 e. The van der Waals surface area contributed by atoms with Crippen molar-refractivity contribution >= 4 is 21.4 Å². The Hall–Kier alpha value is -1.61. The number of rotatable bonds is 3. The van der Waals surface area contributed by atoms with E-state index in [2.05, 4.69) is 74.0 Å². The van der Waals surface area contributed by atoms with Gasteiger partial charge in [-0.3, -0.25) is 0 Å². The zero-order valence-corrected chi connectivity index (χ0v) is 12.4. The van der Waals surface area contributed by atoms with Crippen molar-refractivity contribution in [1.82, 2.24) is 9.38 Å². The largest absolute Gasteiger partial charge is 0.302 e. The van der Waals surface area contributed by atoms with Gasteiger partial charge in [0, 0.05) is 6.20 Å². The first-order chi connectivity index (χ1) is 9.24. The Morgan fingerprint density at radius 2 is 1.74 bits per heavy atom. The standard InChI is InChI=1S/C16H15BrN2/c1-12-18-16(17)15-10-9-14(11-19(12)15)8-7-13-5-3-2-4-6-13/h2-6,9-11H,7-8H2,1H3. The van der Waals surface area contributed by atoms with Crippen LogP contribution in [0.3, 0.4) is 0 Å². The molecule has 0 atom stereocenters. The predicted octanol–water partition coefficient (Wildman–Crippen LogP) is 4.19. The normalized spacial score (nSPS) is 11.1. The number of halogens is 1. The highest BCUT2D eigenvalue weighted by atomic mass is 79.9. The number of fused-ring (bicyclic) bond motifs is 1. The van der Waals surface area contributed by atoms with Crippen molar-refractivity contribution in [2.45, 2.75) is 19.8 Å². The third-order valence-corrected chi connectivity index (χ3v) is 3.96. The summed E-state index contributed by atoms with van der Waals surface area (Å²) in [4.78, 5) is 4.43. The molecule has 3 rings (SSSR count). The van der Waals surface area contributed by atoms with Gasteiger partial charge < -0.3 is 4.40 Å². The van der Waals surface area contributed by atoms with E-state index >= 15 is 0 Å². The molecule has 0 aliphatic carbocycles. The van der Waals surface area contributed by atoms with Crippen LogP contribution in [0.1, 0.15) is 17.0 Å². The van der Waals surface area contributed by atoms with Crippen molar-refractivity contribution in [3.05, 3.63) is 70.2 Å². The fourth-order valence-corrected chi connectivity index (χ4v) is 2.89. The highest BCUT2D eigenvalue weighted by Crippen LogP contribution is 2.19. The molecule has 96 valence electrons. The molecule has 0 amide bonds. The van der Waals surface area contributed by atoms with E-state index in [0.717, 1.165) is 28.8 Å². The quantitative estimate of drug-likeness (QED) is 0.708. The molecular weight excluding hydrogens is 300 g/mol. The lowest BCUT2D eigenvalue weighted by Gasteiger charge is -2.04. The molecule has 19 heavy (non-hydrogen) atoms. The Morgan fingerprint density at radius 3 is 2.53 bits per heavy atom. The van der Waals surface area contributed by atoms with Crippen molar-refractivity contribution in [1.29, 1.82) is 0 Å². The van der Waals surface area contributed by atoms with Crippen LogP contribution in [0.25, 0.3) is 5.52 Å². The first-order valence-corrected chi connectivity index (χ1v) is 7.20. The second-order valence-electron chi connectivity index (χ2n) is 4.73. The van der Waals surface area contributed by atoms with Gasteiger partial charge in [-0.15, -0.1) is 0 Å². The molecule has 3 aromatic rings. The first kappa shape index (κ1) is 12.4. The molecule has 0 spiro atoms. The summed E-state index contributed by atoms with van der Waals surface area (Å²) in [7, 11) is 0. The fraction of sp³-hybridized carbons (Fsp3) is 0.188. The summed E-state index contributed by atoms with van der Waals surface area (Å²) in [6, 6.07) is 14.9. The zero-order chi connectivity index (χ0) is 13.2. The molecule has 0 aliphatic rings. The molecule has 0 saturated heterocycles. The average Bonchev–Trinajstić information content (AvgIpc) is 2.73. The van der Waals surface area contributed by atoms with Crippen LogP contribution >= 0.6 is 15.9 Å². The number of hydrogen-bond acceptors (Lipinski definition) is 1. The Kier molecular flexibility index (Phi) is 3.38. The van der Waals surface area contributed by atoms with Crippen LogP contribution in [-0.2, 0) is 12.8 Å². The van der Waals surface area contributed by atoms with Gasteiger partial charge in [0.05, 0.1) is 5.52 Å². The maximum absolute atomic E-state index is 4.43. The van der Waals surface area contributed by atoms with Gasteiger partial charge in [-0.25, -0.2) is 4.98 Å². The van der Waals surface area contributed by atoms with Gasteiger partial charge in [-0.05, 0) is 52.9 Å². The molecular formula is C16H15BrN2. The van der Waals surface area contributed by atoms with E-state index < -0.39 is 0 Å². The summed E-state index contributed by atoms with van der Waals surface area (Å²) in [6.45, 7) is 2.03. The highest BCUT2D eigenvalue weighted by molar-refractivity contribution is 9.10. The number of hydrogen-bond donors (Lipinski definition) is 0. The van der Waals surface area contributed by atoms with Crippen molar-refractivity contribution in [3.8, 4) is 0 Å². The number of nitrogens with zero attached hydrogens (tertiary/aromatic N) is 2. The molecule has 0 unspecified atom stereocenters. The summed E-state index contributed by atoms with van der Waals surface area (Å²) >= 11 is 3.49. The topological polar surface area (TPSA) is 17.3 Å². The molecule has 2 heterocycles.